The van der Waals surface area contributed by atoms with Gasteiger partial charge in [-0.2, -0.15) is 0 Å². The number of imidazole rings is 1. The highest BCUT2D eigenvalue weighted by Crippen LogP contribution is 2.14. The molecule has 0 aliphatic rings. The maximum absolute atomic E-state index is 12.0. The minimum absolute atomic E-state index is 0.00145. The van der Waals surface area contributed by atoms with Crippen molar-refractivity contribution < 1.29 is 4.79 Å². The Morgan fingerprint density at radius 1 is 1.27 bits per heavy atom. The molecular weight excluding hydrogens is 276 g/mol. The highest BCUT2D eigenvalue weighted by atomic mass is 16.1. The van der Waals surface area contributed by atoms with Crippen molar-refractivity contribution in [3.8, 4) is 0 Å². The Bertz CT molecular complexity index is 780. The van der Waals surface area contributed by atoms with E-state index in [1.165, 1.54) is 0 Å². The highest BCUT2D eigenvalue weighted by molar-refractivity contribution is 5.81. The van der Waals surface area contributed by atoms with E-state index in [-0.39, 0.29) is 5.91 Å². The van der Waals surface area contributed by atoms with Gasteiger partial charge in [-0.1, -0.05) is 19.1 Å². The van der Waals surface area contributed by atoms with E-state index in [4.69, 9.17) is 0 Å². The number of H-pyrrole nitrogens is 1. The number of carbonyl (C=O) groups is 1. The topological polar surface area (TPSA) is 70.7 Å². The van der Waals surface area contributed by atoms with Crippen LogP contribution in [-0.4, -0.2) is 20.9 Å². The van der Waals surface area contributed by atoms with Gasteiger partial charge in [0, 0.05) is 25.4 Å². The molecule has 3 rings (SSSR count). The zero-order valence-electron chi connectivity index (χ0n) is 12.5. The van der Waals surface area contributed by atoms with Crippen LogP contribution in [0, 0.1) is 0 Å². The van der Waals surface area contributed by atoms with Gasteiger partial charge in [0.15, 0.2) is 0 Å². The number of nitrogens with one attached hydrogen (secondary N) is 2. The van der Waals surface area contributed by atoms with Crippen molar-refractivity contribution in [3.05, 3.63) is 59.7 Å². The number of fused-ring (bicyclic) bond motifs is 1. The fourth-order valence-electron chi connectivity index (χ4n) is 2.34. The standard InChI is InChI=1S/C17H18N4O/c1-2-16-20-14-6-5-12(8-15(14)21-16)9-17(22)19-11-13-4-3-7-18-10-13/h3-8,10H,2,9,11H2,1H3,(H,19,22)(H,20,21). The number of benzene rings is 1. The summed E-state index contributed by atoms with van der Waals surface area (Å²) in [5.41, 5.74) is 3.89. The lowest BCUT2D eigenvalue weighted by Crippen LogP contribution is -2.24. The molecule has 3 aromatic rings. The molecule has 2 N–H and O–H groups in total. The summed E-state index contributed by atoms with van der Waals surface area (Å²) in [4.78, 5) is 23.8. The molecule has 5 heteroatoms. The number of hydrogen-bond donors (Lipinski definition) is 2. The summed E-state index contributed by atoms with van der Waals surface area (Å²) in [6, 6.07) is 9.70. The van der Waals surface area contributed by atoms with Crippen LogP contribution >= 0.6 is 0 Å². The molecule has 2 aromatic heterocycles. The number of amides is 1. The summed E-state index contributed by atoms with van der Waals surface area (Å²) < 4.78 is 0. The normalized spacial score (nSPS) is 10.8. The molecule has 5 nitrogen and oxygen atoms in total. The Balaban J connectivity index is 1.63. The van der Waals surface area contributed by atoms with Crippen LogP contribution in [-0.2, 0) is 24.2 Å². The van der Waals surface area contributed by atoms with Crippen LogP contribution in [0.2, 0.25) is 0 Å². The van der Waals surface area contributed by atoms with E-state index in [9.17, 15) is 4.79 Å². The minimum atomic E-state index is -0.00145. The van der Waals surface area contributed by atoms with Gasteiger partial charge in [0.1, 0.15) is 5.82 Å². The Kier molecular flexibility index (Phi) is 4.14. The summed E-state index contributed by atoms with van der Waals surface area (Å²) in [5, 5.41) is 2.91. The summed E-state index contributed by atoms with van der Waals surface area (Å²) >= 11 is 0. The number of nitrogens with zero attached hydrogens (tertiary/aromatic N) is 2. The molecule has 0 radical (unpaired) electrons. The number of aromatic amines is 1. The maximum atomic E-state index is 12.0. The largest absolute Gasteiger partial charge is 0.352 e. The molecule has 0 atom stereocenters. The third-order valence-electron chi connectivity index (χ3n) is 3.51. The van der Waals surface area contributed by atoms with Crippen LogP contribution in [0.3, 0.4) is 0 Å². The number of carbonyl (C=O) groups excluding carboxylic acids is 1. The van der Waals surface area contributed by atoms with Crippen LogP contribution in [0.15, 0.2) is 42.7 Å². The molecule has 0 unspecified atom stereocenters. The lowest BCUT2D eigenvalue weighted by molar-refractivity contribution is -0.120. The lowest BCUT2D eigenvalue weighted by atomic mass is 10.1. The first-order valence-electron chi connectivity index (χ1n) is 7.37. The highest BCUT2D eigenvalue weighted by Gasteiger charge is 2.06. The fraction of sp³-hybridized carbons (Fsp3) is 0.235. The molecule has 0 saturated carbocycles. The van der Waals surface area contributed by atoms with Crippen molar-refractivity contribution in [3.63, 3.8) is 0 Å². The maximum Gasteiger partial charge on any atom is 0.224 e. The second-order valence-electron chi connectivity index (χ2n) is 5.20. The van der Waals surface area contributed by atoms with Crippen LogP contribution in [0.5, 0.6) is 0 Å². The van der Waals surface area contributed by atoms with Crippen molar-refractivity contribution >= 4 is 16.9 Å². The predicted molar refractivity (Wildman–Crippen MR) is 85.3 cm³/mol. The molecule has 0 saturated heterocycles. The van der Waals surface area contributed by atoms with Gasteiger partial charge in [0.25, 0.3) is 0 Å². The summed E-state index contributed by atoms with van der Waals surface area (Å²) in [7, 11) is 0. The Morgan fingerprint density at radius 3 is 2.95 bits per heavy atom. The molecule has 0 spiro atoms. The molecule has 0 aliphatic carbocycles. The molecule has 0 aliphatic heterocycles. The fourth-order valence-corrected chi connectivity index (χ4v) is 2.34. The molecule has 0 fully saturated rings. The van der Waals surface area contributed by atoms with E-state index in [0.717, 1.165) is 34.4 Å². The second-order valence-corrected chi connectivity index (χ2v) is 5.20. The average molecular weight is 294 g/mol. The van der Waals surface area contributed by atoms with E-state index in [1.807, 2.05) is 30.3 Å². The summed E-state index contributed by atoms with van der Waals surface area (Å²) in [6.07, 6.45) is 4.70. The van der Waals surface area contributed by atoms with Gasteiger partial charge in [-0.15, -0.1) is 0 Å². The average Bonchev–Trinajstić information content (AvgIpc) is 2.96. The van der Waals surface area contributed by atoms with Gasteiger partial charge >= 0.3 is 0 Å². The zero-order valence-corrected chi connectivity index (χ0v) is 12.5. The Morgan fingerprint density at radius 2 is 2.18 bits per heavy atom. The van der Waals surface area contributed by atoms with Crippen LogP contribution in [0.1, 0.15) is 23.9 Å². The first-order chi connectivity index (χ1) is 10.7. The van der Waals surface area contributed by atoms with E-state index in [0.29, 0.717) is 13.0 Å². The molecule has 22 heavy (non-hydrogen) atoms. The molecule has 1 aromatic carbocycles. The van der Waals surface area contributed by atoms with Crippen LogP contribution < -0.4 is 5.32 Å². The Hall–Kier alpha value is -2.69. The smallest absolute Gasteiger partial charge is 0.224 e. The first kappa shape index (κ1) is 14.3. The number of rotatable bonds is 5. The van der Waals surface area contributed by atoms with Crippen molar-refractivity contribution in [2.75, 3.05) is 0 Å². The number of pyridine rings is 1. The summed E-state index contributed by atoms with van der Waals surface area (Å²) in [5.74, 6) is 0.964. The van der Waals surface area contributed by atoms with E-state index in [1.54, 1.807) is 12.4 Å². The minimum Gasteiger partial charge on any atom is -0.352 e. The first-order valence-corrected chi connectivity index (χ1v) is 7.37. The van der Waals surface area contributed by atoms with E-state index in [2.05, 4.69) is 27.2 Å². The number of hydrogen-bond acceptors (Lipinski definition) is 3. The van der Waals surface area contributed by atoms with Gasteiger partial charge in [-0.05, 0) is 29.3 Å². The van der Waals surface area contributed by atoms with Crippen molar-refractivity contribution in [1.82, 2.24) is 20.3 Å². The van der Waals surface area contributed by atoms with Gasteiger partial charge in [-0.3, -0.25) is 9.78 Å². The van der Waals surface area contributed by atoms with Crippen LogP contribution in [0.25, 0.3) is 11.0 Å². The SMILES string of the molecule is CCc1nc2ccc(CC(=O)NCc3cccnc3)cc2[nH]1. The second kappa shape index (κ2) is 6.39. The quantitative estimate of drug-likeness (QED) is 0.759. The van der Waals surface area contributed by atoms with Gasteiger partial charge in [-0.25, -0.2) is 4.98 Å². The van der Waals surface area contributed by atoms with E-state index >= 15 is 0 Å². The predicted octanol–water partition coefficient (Wildman–Crippen LogP) is 2.38. The summed E-state index contributed by atoms with van der Waals surface area (Å²) in [6.45, 7) is 2.56. The zero-order chi connectivity index (χ0) is 15.4. The molecule has 112 valence electrons. The monoisotopic (exact) mass is 294 g/mol. The van der Waals surface area contributed by atoms with E-state index < -0.39 is 0 Å². The van der Waals surface area contributed by atoms with Crippen molar-refractivity contribution in [2.24, 2.45) is 0 Å². The molecule has 0 bridgehead atoms. The number of aryl methyl sites for hydroxylation is 1. The van der Waals surface area contributed by atoms with Crippen molar-refractivity contribution in [2.45, 2.75) is 26.3 Å². The number of aromatic nitrogens is 3. The lowest BCUT2D eigenvalue weighted by Gasteiger charge is -2.05. The van der Waals surface area contributed by atoms with Gasteiger partial charge in [0.05, 0.1) is 17.5 Å². The van der Waals surface area contributed by atoms with Gasteiger partial charge in [0.2, 0.25) is 5.91 Å². The molecule has 2 heterocycles. The Labute approximate surface area is 128 Å². The van der Waals surface area contributed by atoms with Crippen LogP contribution in [0.4, 0.5) is 0 Å². The third kappa shape index (κ3) is 3.31. The molecule has 1 amide bonds. The van der Waals surface area contributed by atoms with Crippen molar-refractivity contribution in [1.29, 1.82) is 0 Å². The third-order valence-corrected chi connectivity index (χ3v) is 3.51. The molecular formula is C17H18N4O. The van der Waals surface area contributed by atoms with Gasteiger partial charge < -0.3 is 10.3 Å².